The van der Waals surface area contributed by atoms with E-state index in [-0.39, 0.29) is 6.61 Å². The molecule has 1 atom stereocenters. The van der Waals surface area contributed by atoms with Crippen LogP contribution in [0.3, 0.4) is 0 Å². The molecule has 1 aromatic rings. The SMILES string of the molecule is Cc1cc(OCC(N)C#N)ccc1C(C)C. The molecule has 0 fully saturated rings. The van der Waals surface area contributed by atoms with E-state index in [4.69, 9.17) is 15.7 Å². The predicted octanol–water partition coefficient (Wildman–Crippen LogP) is 2.35. The van der Waals surface area contributed by atoms with E-state index in [1.165, 1.54) is 11.1 Å². The average Bonchev–Trinajstić information content (AvgIpc) is 2.25. The third-order valence-corrected chi connectivity index (χ3v) is 2.46. The molecule has 16 heavy (non-hydrogen) atoms. The molecule has 3 nitrogen and oxygen atoms in total. The van der Waals surface area contributed by atoms with Crippen molar-refractivity contribution < 1.29 is 4.74 Å². The van der Waals surface area contributed by atoms with Gasteiger partial charge in [-0.2, -0.15) is 5.26 Å². The van der Waals surface area contributed by atoms with Crippen molar-refractivity contribution in [2.75, 3.05) is 6.61 Å². The third kappa shape index (κ3) is 3.25. The third-order valence-electron chi connectivity index (χ3n) is 2.46. The largest absolute Gasteiger partial charge is 0.491 e. The lowest BCUT2D eigenvalue weighted by molar-refractivity contribution is 0.308. The molecule has 3 heteroatoms. The van der Waals surface area contributed by atoms with Gasteiger partial charge in [0.15, 0.2) is 0 Å². The lowest BCUT2D eigenvalue weighted by Crippen LogP contribution is -2.25. The van der Waals surface area contributed by atoms with E-state index in [1.54, 1.807) is 0 Å². The van der Waals surface area contributed by atoms with E-state index >= 15 is 0 Å². The number of hydrogen-bond donors (Lipinski definition) is 1. The molecule has 1 aromatic carbocycles. The van der Waals surface area contributed by atoms with Crippen LogP contribution in [-0.2, 0) is 0 Å². The first kappa shape index (κ1) is 12.5. The summed E-state index contributed by atoms with van der Waals surface area (Å²) in [6, 6.07) is 7.34. The standard InChI is InChI=1S/C13H18N2O/c1-9(2)13-5-4-12(6-10(13)3)16-8-11(15)7-14/h4-6,9,11H,8,15H2,1-3H3. The Balaban J connectivity index is 2.71. The van der Waals surface area contributed by atoms with Crippen molar-refractivity contribution in [2.24, 2.45) is 5.73 Å². The topological polar surface area (TPSA) is 59.0 Å². The van der Waals surface area contributed by atoms with E-state index in [2.05, 4.69) is 26.8 Å². The van der Waals surface area contributed by atoms with Gasteiger partial charge in [0.2, 0.25) is 0 Å². The number of hydrogen-bond acceptors (Lipinski definition) is 3. The van der Waals surface area contributed by atoms with Crippen molar-refractivity contribution in [2.45, 2.75) is 32.7 Å². The lowest BCUT2D eigenvalue weighted by Gasteiger charge is -2.12. The second-order valence-electron chi connectivity index (χ2n) is 4.22. The molecule has 0 aromatic heterocycles. The van der Waals surface area contributed by atoms with E-state index in [9.17, 15) is 0 Å². The molecule has 0 saturated heterocycles. The number of nitriles is 1. The highest BCUT2D eigenvalue weighted by Crippen LogP contribution is 2.23. The first-order chi connectivity index (χ1) is 7.54. The zero-order valence-electron chi connectivity index (χ0n) is 10.0. The van der Waals surface area contributed by atoms with Gasteiger partial charge >= 0.3 is 0 Å². The first-order valence-electron chi connectivity index (χ1n) is 5.43. The molecule has 0 radical (unpaired) electrons. The van der Waals surface area contributed by atoms with Gasteiger partial charge in [-0.05, 0) is 36.1 Å². The molecule has 0 heterocycles. The molecule has 0 aliphatic rings. The molecule has 2 N–H and O–H groups in total. The monoisotopic (exact) mass is 218 g/mol. The van der Waals surface area contributed by atoms with Crippen LogP contribution in [-0.4, -0.2) is 12.6 Å². The van der Waals surface area contributed by atoms with Crippen LogP contribution in [0.2, 0.25) is 0 Å². The minimum Gasteiger partial charge on any atom is -0.491 e. The number of ether oxygens (including phenoxy) is 1. The number of nitrogens with zero attached hydrogens (tertiary/aromatic N) is 1. The smallest absolute Gasteiger partial charge is 0.127 e. The van der Waals surface area contributed by atoms with E-state index in [0.29, 0.717) is 5.92 Å². The van der Waals surface area contributed by atoms with Gasteiger partial charge in [-0.1, -0.05) is 19.9 Å². The first-order valence-corrected chi connectivity index (χ1v) is 5.43. The van der Waals surface area contributed by atoms with Crippen molar-refractivity contribution in [3.63, 3.8) is 0 Å². The highest BCUT2D eigenvalue weighted by Gasteiger charge is 2.06. The van der Waals surface area contributed by atoms with Crippen molar-refractivity contribution in [1.29, 1.82) is 5.26 Å². The summed E-state index contributed by atoms with van der Waals surface area (Å²) < 4.78 is 5.43. The van der Waals surface area contributed by atoms with Crippen LogP contribution in [0.1, 0.15) is 30.9 Å². The van der Waals surface area contributed by atoms with Gasteiger partial charge in [0.25, 0.3) is 0 Å². The van der Waals surface area contributed by atoms with Gasteiger partial charge in [0.1, 0.15) is 18.4 Å². The zero-order chi connectivity index (χ0) is 12.1. The minimum atomic E-state index is -0.565. The summed E-state index contributed by atoms with van der Waals surface area (Å²) in [5, 5.41) is 8.53. The highest BCUT2D eigenvalue weighted by molar-refractivity contribution is 5.36. The fraction of sp³-hybridized carbons (Fsp3) is 0.462. The van der Waals surface area contributed by atoms with Crippen LogP contribution < -0.4 is 10.5 Å². The van der Waals surface area contributed by atoms with Crippen LogP contribution in [0.4, 0.5) is 0 Å². The average molecular weight is 218 g/mol. The molecule has 0 aliphatic heterocycles. The quantitative estimate of drug-likeness (QED) is 0.843. The normalized spacial score (nSPS) is 12.2. The summed E-state index contributed by atoms with van der Waals surface area (Å²) in [5.74, 6) is 1.28. The second kappa shape index (κ2) is 5.53. The number of nitrogens with two attached hydrogens (primary N) is 1. The van der Waals surface area contributed by atoms with Gasteiger partial charge in [-0.3, -0.25) is 0 Å². The maximum atomic E-state index is 8.53. The summed E-state index contributed by atoms with van der Waals surface area (Å²) >= 11 is 0. The van der Waals surface area contributed by atoms with Gasteiger partial charge in [-0.15, -0.1) is 0 Å². The molecule has 1 rings (SSSR count). The fourth-order valence-corrected chi connectivity index (χ4v) is 1.61. The molecule has 0 amide bonds. The van der Waals surface area contributed by atoms with Crippen molar-refractivity contribution in [3.8, 4) is 11.8 Å². The van der Waals surface area contributed by atoms with E-state index < -0.39 is 6.04 Å². The number of rotatable bonds is 4. The molecule has 0 bridgehead atoms. The number of aryl methyl sites for hydroxylation is 1. The van der Waals surface area contributed by atoms with E-state index in [0.717, 1.165) is 5.75 Å². The molecule has 1 unspecified atom stereocenters. The zero-order valence-corrected chi connectivity index (χ0v) is 10.0. The summed E-state index contributed by atoms with van der Waals surface area (Å²) in [6.45, 7) is 6.62. The van der Waals surface area contributed by atoms with E-state index in [1.807, 2.05) is 18.2 Å². The summed E-state index contributed by atoms with van der Waals surface area (Å²) in [5.41, 5.74) is 7.97. The second-order valence-corrected chi connectivity index (χ2v) is 4.22. The van der Waals surface area contributed by atoms with Crippen LogP contribution in [0.25, 0.3) is 0 Å². The lowest BCUT2D eigenvalue weighted by atomic mass is 9.98. The predicted molar refractivity (Wildman–Crippen MR) is 64.4 cm³/mol. The van der Waals surface area contributed by atoms with Crippen LogP contribution in [0.15, 0.2) is 18.2 Å². The Morgan fingerprint density at radius 2 is 2.12 bits per heavy atom. The van der Waals surface area contributed by atoms with Gasteiger partial charge < -0.3 is 10.5 Å². The Morgan fingerprint density at radius 3 is 2.62 bits per heavy atom. The maximum Gasteiger partial charge on any atom is 0.127 e. The van der Waals surface area contributed by atoms with Gasteiger partial charge in [-0.25, -0.2) is 0 Å². The Labute approximate surface area is 96.8 Å². The maximum absolute atomic E-state index is 8.53. The Morgan fingerprint density at radius 1 is 1.44 bits per heavy atom. The van der Waals surface area contributed by atoms with Crippen LogP contribution in [0, 0.1) is 18.3 Å². The minimum absolute atomic E-state index is 0.233. The van der Waals surface area contributed by atoms with Crippen molar-refractivity contribution >= 4 is 0 Å². The number of benzene rings is 1. The van der Waals surface area contributed by atoms with Crippen molar-refractivity contribution in [3.05, 3.63) is 29.3 Å². The highest BCUT2D eigenvalue weighted by atomic mass is 16.5. The summed E-state index contributed by atoms with van der Waals surface area (Å²) in [7, 11) is 0. The summed E-state index contributed by atoms with van der Waals surface area (Å²) in [6.07, 6.45) is 0. The van der Waals surface area contributed by atoms with Crippen LogP contribution >= 0.6 is 0 Å². The Hall–Kier alpha value is -1.53. The molecular weight excluding hydrogens is 200 g/mol. The molecule has 0 spiro atoms. The fourth-order valence-electron chi connectivity index (χ4n) is 1.61. The van der Waals surface area contributed by atoms with Crippen LogP contribution in [0.5, 0.6) is 5.75 Å². The van der Waals surface area contributed by atoms with Gasteiger partial charge in [0.05, 0.1) is 6.07 Å². The Bertz CT molecular complexity index is 393. The summed E-state index contributed by atoms with van der Waals surface area (Å²) in [4.78, 5) is 0. The molecule has 0 aliphatic carbocycles. The molecule has 86 valence electrons. The van der Waals surface area contributed by atoms with Gasteiger partial charge in [0, 0.05) is 0 Å². The Kier molecular flexibility index (Phi) is 4.33. The molecular formula is C13H18N2O. The molecule has 0 saturated carbocycles. The van der Waals surface area contributed by atoms with Crippen molar-refractivity contribution in [1.82, 2.24) is 0 Å².